The number of terminal acetylenes is 1. The van der Waals surface area contributed by atoms with Crippen molar-refractivity contribution in [2.45, 2.75) is 0 Å². The van der Waals surface area contributed by atoms with Gasteiger partial charge >= 0.3 is 0 Å². The highest BCUT2D eigenvalue weighted by Crippen LogP contribution is 2.15. The molecule has 2 aromatic carbocycles. The van der Waals surface area contributed by atoms with Crippen molar-refractivity contribution < 1.29 is 0 Å². The minimum absolute atomic E-state index is 0.172. The van der Waals surface area contributed by atoms with Crippen LogP contribution in [0.4, 0.5) is 0 Å². The van der Waals surface area contributed by atoms with Crippen molar-refractivity contribution in [3.05, 3.63) is 100 Å². The van der Waals surface area contributed by atoms with Crippen molar-refractivity contribution in [2.24, 2.45) is 0 Å². The molecule has 27 heavy (non-hydrogen) atoms. The van der Waals surface area contributed by atoms with Gasteiger partial charge in [0.1, 0.15) is 5.82 Å². The van der Waals surface area contributed by atoms with E-state index >= 15 is 0 Å². The molecule has 4 nitrogen and oxygen atoms in total. The van der Waals surface area contributed by atoms with Crippen molar-refractivity contribution >= 4 is 23.2 Å². The van der Waals surface area contributed by atoms with E-state index in [0.29, 0.717) is 22.5 Å². The zero-order valence-corrected chi connectivity index (χ0v) is 14.4. The summed E-state index contributed by atoms with van der Waals surface area (Å²) in [7, 11) is 0. The quantitative estimate of drug-likeness (QED) is 0.527. The van der Waals surface area contributed by atoms with Crippen LogP contribution in [0.5, 0.6) is 0 Å². The molecule has 0 atom stereocenters. The molecule has 0 radical (unpaired) electrons. The lowest BCUT2D eigenvalue weighted by Crippen LogP contribution is -2.22. The minimum atomic E-state index is -0.172. The lowest BCUT2D eigenvalue weighted by molar-refractivity contribution is 0.937. The maximum Gasteiger partial charge on any atom is 0.267 e. The van der Waals surface area contributed by atoms with Crippen LogP contribution in [0.25, 0.3) is 28.9 Å². The van der Waals surface area contributed by atoms with E-state index in [1.165, 1.54) is 0 Å². The van der Waals surface area contributed by atoms with Crippen LogP contribution in [0, 0.1) is 12.3 Å². The molecule has 4 rings (SSSR count). The van der Waals surface area contributed by atoms with Gasteiger partial charge in [0.15, 0.2) is 5.65 Å². The highest BCUT2D eigenvalue weighted by atomic mass is 16.1. The molecule has 0 saturated carbocycles. The first-order valence-corrected chi connectivity index (χ1v) is 8.44. The van der Waals surface area contributed by atoms with Crippen LogP contribution in [-0.4, -0.2) is 14.5 Å². The van der Waals surface area contributed by atoms with Gasteiger partial charge in [0.05, 0.1) is 11.1 Å². The van der Waals surface area contributed by atoms with Gasteiger partial charge in [-0.1, -0.05) is 42.3 Å². The van der Waals surface area contributed by atoms with E-state index in [-0.39, 0.29) is 5.56 Å². The van der Waals surface area contributed by atoms with Gasteiger partial charge in [0.2, 0.25) is 0 Å². The molecule has 4 aromatic rings. The van der Waals surface area contributed by atoms with E-state index in [1.54, 1.807) is 35.0 Å². The Bertz CT molecular complexity index is 1230. The number of hydrogen-bond acceptors (Lipinski definition) is 3. The third-order valence-corrected chi connectivity index (χ3v) is 4.19. The molecule has 0 fully saturated rings. The third-order valence-electron chi connectivity index (χ3n) is 4.19. The van der Waals surface area contributed by atoms with Crippen LogP contribution >= 0.6 is 0 Å². The number of nitrogens with zero attached hydrogens (tertiary/aromatic N) is 3. The second-order valence-electron chi connectivity index (χ2n) is 5.92. The van der Waals surface area contributed by atoms with Gasteiger partial charge in [-0.05, 0) is 48.0 Å². The molecule has 0 aliphatic rings. The molecule has 0 aliphatic heterocycles. The fourth-order valence-corrected chi connectivity index (χ4v) is 2.84. The number of hydrogen-bond donors (Lipinski definition) is 0. The Morgan fingerprint density at radius 3 is 2.44 bits per heavy atom. The molecule has 2 heterocycles. The molecular weight excluding hydrogens is 334 g/mol. The lowest BCUT2D eigenvalue weighted by Gasteiger charge is -2.11. The van der Waals surface area contributed by atoms with Crippen molar-refractivity contribution in [3.63, 3.8) is 0 Å². The predicted octanol–water partition coefficient (Wildman–Crippen LogP) is 3.93. The number of fused-ring (bicyclic) bond motifs is 1. The summed E-state index contributed by atoms with van der Waals surface area (Å²) in [5.74, 6) is 3.09. The van der Waals surface area contributed by atoms with Gasteiger partial charge < -0.3 is 0 Å². The summed E-state index contributed by atoms with van der Waals surface area (Å²) in [5.41, 5.74) is 2.72. The fourth-order valence-electron chi connectivity index (χ4n) is 2.84. The van der Waals surface area contributed by atoms with E-state index < -0.39 is 0 Å². The zero-order chi connectivity index (χ0) is 18.6. The molecule has 0 aliphatic carbocycles. The maximum absolute atomic E-state index is 13.1. The van der Waals surface area contributed by atoms with E-state index in [9.17, 15) is 4.79 Å². The summed E-state index contributed by atoms with van der Waals surface area (Å²) >= 11 is 0. The Balaban J connectivity index is 1.94. The van der Waals surface area contributed by atoms with Crippen molar-refractivity contribution in [1.82, 2.24) is 14.5 Å². The number of rotatable bonds is 3. The molecule has 2 aromatic heterocycles. The molecular formula is C23H15N3O. The van der Waals surface area contributed by atoms with Crippen molar-refractivity contribution in [3.8, 4) is 18.0 Å². The summed E-state index contributed by atoms with van der Waals surface area (Å²) in [5, 5.41) is 0.468. The predicted molar refractivity (Wildman–Crippen MR) is 108 cm³/mol. The Kier molecular flexibility index (Phi) is 4.34. The molecule has 0 saturated heterocycles. The van der Waals surface area contributed by atoms with Gasteiger partial charge in [-0.2, -0.15) is 0 Å². The molecule has 128 valence electrons. The second kappa shape index (κ2) is 7.11. The summed E-state index contributed by atoms with van der Waals surface area (Å²) in [6.45, 7) is 0. The van der Waals surface area contributed by atoms with E-state index in [1.807, 2.05) is 54.6 Å². The number of benzene rings is 2. The first-order valence-electron chi connectivity index (χ1n) is 8.44. The number of pyridine rings is 1. The normalized spacial score (nSPS) is 10.9. The summed E-state index contributed by atoms with van der Waals surface area (Å²) < 4.78 is 1.57. The monoisotopic (exact) mass is 349 g/mol. The van der Waals surface area contributed by atoms with Crippen LogP contribution in [0.2, 0.25) is 0 Å². The molecule has 0 amide bonds. The smallest absolute Gasteiger partial charge is 0.267 e. The van der Waals surface area contributed by atoms with Crippen LogP contribution in [0.1, 0.15) is 17.0 Å². The van der Waals surface area contributed by atoms with Crippen molar-refractivity contribution in [1.29, 1.82) is 0 Å². The van der Waals surface area contributed by atoms with Gasteiger partial charge in [0.25, 0.3) is 5.56 Å². The van der Waals surface area contributed by atoms with Gasteiger partial charge in [-0.25, -0.2) is 9.97 Å². The summed E-state index contributed by atoms with van der Waals surface area (Å²) in [6.07, 6.45) is 10.8. The average molecular weight is 349 g/mol. The Morgan fingerprint density at radius 2 is 1.70 bits per heavy atom. The van der Waals surface area contributed by atoms with E-state index in [2.05, 4.69) is 15.9 Å². The molecule has 0 unspecified atom stereocenters. The van der Waals surface area contributed by atoms with Crippen LogP contribution < -0.4 is 5.56 Å². The Morgan fingerprint density at radius 1 is 0.926 bits per heavy atom. The highest BCUT2D eigenvalue weighted by Gasteiger charge is 2.11. The van der Waals surface area contributed by atoms with Gasteiger partial charge in [-0.3, -0.25) is 9.36 Å². The van der Waals surface area contributed by atoms with Crippen LogP contribution in [0.3, 0.4) is 0 Å². The number of aromatic nitrogens is 3. The van der Waals surface area contributed by atoms with Crippen LogP contribution in [-0.2, 0) is 0 Å². The Hall–Kier alpha value is -3.97. The van der Waals surface area contributed by atoms with E-state index in [4.69, 9.17) is 6.42 Å². The largest absolute Gasteiger partial charge is 0.268 e. The molecule has 0 spiro atoms. The zero-order valence-electron chi connectivity index (χ0n) is 14.4. The standard InChI is InChI=1S/C23H15N3O/c1-2-17-10-13-19(14-11-17)26-21(15-12-18-7-4-3-5-8-18)25-22-20(23(26)27)9-6-16-24-22/h1,3-16H/b15-12+. The topological polar surface area (TPSA) is 47.8 Å². The maximum atomic E-state index is 13.1. The third kappa shape index (κ3) is 3.26. The summed E-state index contributed by atoms with van der Waals surface area (Å²) in [6, 6.07) is 20.6. The molecule has 0 bridgehead atoms. The fraction of sp³-hybridized carbons (Fsp3) is 0. The van der Waals surface area contributed by atoms with Gasteiger partial charge in [-0.15, -0.1) is 6.42 Å². The van der Waals surface area contributed by atoms with E-state index in [0.717, 1.165) is 11.1 Å². The molecule has 4 heteroatoms. The molecule has 0 N–H and O–H groups in total. The Labute approximate surface area is 156 Å². The average Bonchev–Trinajstić information content (AvgIpc) is 2.73. The summed E-state index contributed by atoms with van der Waals surface area (Å²) in [4.78, 5) is 22.0. The first-order chi connectivity index (χ1) is 13.3. The first kappa shape index (κ1) is 16.5. The lowest BCUT2D eigenvalue weighted by atomic mass is 10.2. The van der Waals surface area contributed by atoms with Crippen molar-refractivity contribution in [2.75, 3.05) is 0 Å². The van der Waals surface area contributed by atoms with Gasteiger partial charge in [0, 0.05) is 11.8 Å². The van der Waals surface area contributed by atoms with Crippen LogP contribution in [0.15, 0.2) is 77.7 Å². The second-order valence-corrected chi connectivity index (χ2v) is 5.92. The highest BCUT2D eigenvalue weighted by molar-refractivity contribution is 5.76. The SMILES string of the molecule is C#Cc1ccc(-n2c(/C=C/c3ccccc3)nc3ncccc3c2=O)cc1. The minimum Gasteiger partial charge on any atom is -0.268 e.